The summed E-state index contributed by atoms with van der Waals surface area (Å²) in [5.41, 5.74) is -1.01. The number of halogens is 3. The number of Topliss-reactive ketones (excluding diaryl/α,β-unsaturated/α-hetero) is 1. The minimum Gasteiger partial charge on any atom is -0.345 e. The Kier molecular flexibility index (Phi) is 9.07. The van der Waals surface area contributed by atoms with E-state index in [1.54, 1.807) is 0 Å². The minimum atomic E-state index is -4.52. The van der Waals surface area contributed by atoms with Crippen LogP contribution < -0.4 is 5.32 Å². The molecule has 0 aliphatic carbocycles. The van der Waals surface area contributed by atoms with Gasteiger partial charge in [0.25, 0.3) is 5.91 Å². The van der Waals surface area contributed by atoms with E-state index < -0.39 is 17.6 Å². The summed E-state index contributed by atoms with van der Waals surface area (Å²) in [6, 6.07) is 4.17. The smallest absolute Gasteiger partial charge is 0.345 e. The van der Waals surface area contributed by atoms with Crippen LogP contribution in [-0.4, -0.2) is 91.2 Å². The summed E-state index contributed by atoms with van der Waals surface area (Å²) in [5.74, 6) is -0.383. The van der Waals surface area contributed by atoms with E-state index >= 15 is 0 Å². The highest BCUT2D eigenvalue weighted by molar-refractivity contribution is 5.96. The first-order chi connectivity index (χ1) is 16.2. The highest BCUT2D eigenvalue weighted by Crippen LogP contribution is 2.29. The largest absolute Gasteiger partial charge is 0.416 e. The Morgan fingerprint density at radius 1 is 1.03 bits per heavy atom. The van der Waals surface area contributed by atoms with E-state index in [4.69, 9.17) is 0 Å². The third kappa shape index (κ3) is 7.53. The second-order valence-corrected chi connectivity index (χ2v) is 9.04. The molecule has 2 saturated heterocycles. The van der Waals surface area contributed by atoms with Crippen LogP contribution in [0.1, 0.15) is 42.1 Å². The number of rotatable bonds is 9. The number of carbonyl (C=O) groups excluding carboxylic acids is 3. The lowest BCUT2D eigenvalue weighted by atomic mass is 10.0. The lowest BCUT2D eigenvalue weighted by Gasteiger charge is -2.35. The second kappa shape index (κ2) is 11.8. The van der Waals surface area contributed by atoms with E-state index in [0.717, 1.165) is 70.9 Å². The van der Waals surface area contributed by atoms with Crippen molar-refractivity contribution >= 4 is 17.6 Å². The van der Waals surface area contributed by atoms with Crippen molar-refractivity contribution in [2.75, 3.05) is 58.9 Å². The Morgan fingerprint density at radius 3 is 2.41 bits per heavy atom. The number of benzene rings is 1. The zero-order valence-electron chi connectivity index (χ0n) is 19.6. The van der Waals surface area contributed by atoms with E-state index in [0.29, 0.717) is 12.8 Å². The molecule has 2 amide bonds. The van der Waals surface area contributed by atoms with Crippen LogP contribution in [0.4, 0.5) is 13.2 Å². The molecule has 34 heavy (non-hydrogen) atoms. The van der Waals surface area contributed by atoms with Crippen LogP contribution in [0, 0.1) is 5.92 Å². The average molecular weight is 483 g/mol. The fraction of sp³-hybridized carbons (Fsp3) is 0.625. The van der Waals surface area contributed by atoms with Crippen molar-refractivity contribution in [1.82, 2.24) is 20.0 Å². The van der Waals surface area contributed by atoms with Gasteiger partial charge in [-0.3, -0.25) is 19.3 Å². The van der Waals surface area contributed by atoms with Gasteiger partial charge in [-0.1, -0.05) is 13.0 Å². The van der Waals surface area contributed by atoms with Crippen LogP contribution in [0.2, 0.25) is 0 Å². The molecule has 0 saturated carbocycles. The maximum Gasteiger partial charge on any atom is 0.416 e. The Labute approximate surface area is 198 Å². The zero-order valence-corrected chi connectivity index (χ0v) is 19.6. The molecule has 2 aliphatic heterocycles. The molecule has 2 fully saturated rings. The van der Waals surface area contributed by atoms with Gasteiger partial charge in [-0.05, 0) is 37.1 Å². The number of nitrogens with one attached hydrogen (secondary N) is 1. The van der Waals surface area contributed by atoms with Crippen LogP contribution in [0.15, 0.2) is 24.3 Å². The van der Waals surface area contributed by atoms with Crippen LogP contribution in [0.25, 0.3) is 0 Å². The maximum atomic E-state index is 12.8. The fourth-order valence-corrected chi connectivity index (χ4v) is 4.52. The predicted molar refractivity (Wildman–Crippen MR) is 121 cm³/mol. The molecule has 2 heterocycles. The highest BCUT2D eigenvalue weighted by Gasteiger charge is 2.31. The quantitative estimate of drug-likeness (QED) is 0.585. The number of nitrogens with zero attached hydrogens (tertiary/aromatic N) is 3. The summed E-state index contributed by atoms with van der Waals surface area (Å²) in [4.78, 5) is 42.9. The molecule has 1 atom stereocenters. The molecule has 10 heteroatoms. The van der Waals surface area contributed by atoms with E-state index in [1.807, 2.05) is 11.8 Å². The summed E-state index contributed by atoms with van der Waals surface area (Å²) in [6.45, 7) is 8.59. The molecule has 1 aromatic rings. The molecule has 0 radical (unpaired) electrons. The number of likely N-dealkylation sites (tertiary alicyclic amines) is 1. The van der Waals surface area contributed by atoms with Crippen molar-refractivity contribution in [2.24, 2.45) is 5.92 Å². The van der Waals surface area contributed by atoms with Crippen LogP contribution in [0.3, 0.4) is 0 Å². The number of amides is 2. The van der Waals surface area contributed by atoms with E-state index in [-0.39, 0.29) is 29.7 Å². The number of ketones is 1. The van der Waals surface area contributed by atoms with E-state index in [1.165, 1.54) is 12.1 Å². The van der Waals surface area contributed by atoms with E-state index in [9.17, 15) is 27.6 Å². The monoisotopic (exact) mass is 482 g/mol. The molecule has 1 aromatic carbocycles. The average Bonchev–Trinajstić information content (AvgIpc) is 3.27. The maximum absolute atomic E-state index is 12.8. The SMILES string of the molecule is CCC(=O)N1CCN(CCN2CC[C@@H](CC(=O)CNC(=O)c3cccc(C(F)(F)F)c3)C2)CC1. The summed E-state index contributed by atoms with van der Waals surface area (Å²) in [5, 5.41) is 2.44. The molecular formula is C24H33F3N4O3. The van der Waals surface area contributed by atoms with Gasteiger partial charge < -0.3 is 15.1 Å². The summed E-state index contributed by atoms with van der Waals surface area (Å²) in [6.07, 6.45) is -2.73. The van der Waals surface area contributed by atoms with Crippen LogP contribution >= 0.6 is 0 Å². The van der Waals surface area contributed by atoms with Crippen molar-refractivity contribution < 1.29 is 27.6 Å². The number of alkyl halides is 3. The van der Waals surface area contributed by atoms with Crippen molar-refractivity contribution in [3.8, 4) is 0 Å². The number of hydrogen-bond acceptors (Lipinski definition) is 5. The Bertz CT molecular complexity index is 869. The first kappa shape index (κ1) is 26.2. The molecule has 0 bridgehead atoms. The molecule has 0 aromatic heterocycles. The molecule has 0 spiro atoms. The predicted octanol–water partition coefficient (Wildman–Crippen LogP) is 2.27. The lowest BCUT2D eigenvalue weighted by Crippen LogP contribution is -2.50. The third-order valence-corrected chi connectivity index (χ3v) is 6.54. The van der Waals surface area contributed by atoms with Gasteiger partial charge in [-0.15, -0.1) is 0 Å². The van der Waals surface area contributed by atoms with Crippen LogP contribution in [0.5, 0.6) is 0 Å². The van der Waals surface area contributed by atoms with Crippen LogP contribution in [-0.2, 0) is 15.8 Å². The standard InChI is InChI=1S/C24H33F3N4O3/c1-2-22(33)31-12-10-29(11-13-31)8-9-30-7-6-18(17-30)14-21(32)16-28-23(34)19-4-3-5-20(15-19)24(25,26)27/h3-5,15,18H,2,6-14,16-17H2,1H3,(H,28,34)/t18-/m0/s1. The Balaban J connectivity index is 1.34. The zero-order chi connectivity index (χ0) is 24.7. The minimum absolute atomic E-state index is 0.116. The van der Waals surface area contributed by atoms with Gasteiger partial charge in [-0.25, -0.2) is 0 Å². The molecule has 1 N–H and O–H groups in total. The van der Waals surface area contributed by atoms with Gasteiger partial charge in [-0.2, -0.15) is 13.2 Å². The molecule has 188 valence electrons. The van der Waals surface area contributed by atoms with Gasteiger partial charge in [0, 0.05) is 64.2 Å². The topological polar surface area (TPSA) is 73.0 Å². The first-order valence-corrected chi connectivity index (χ1v) is 11.9. The van der Waals surface area contributed by atoms with Crippen molar-refractivity contribution in [2.45, 2.75) is 32.4 Å². The molecule has 7 nitrogen and oxygen atoms in total. The van der Waals surface area contributed by atoms with Gasteiger partial charge in [0.15, 0.2) is 5.78 Å². The van der Waals surface area contributed by atoms with Crippen molar-refractivity contribution in [3.63, 3.8) is 0 Å². The highest BCUT2D eigenvalue weighted by atomic mass is 19.4. The third-order valence-electron chi connectivity index (χ3n) is 6.54. The summed E-state index contributed by atoms with van der Waals surface area (Å²) >= 11 is 0. The Hall–Kier alpha value is -2.46. The number of piperazine rings is 1. The van der Waals surface area contributed by atoms with Gasteiger partial charge in [0.2, 0.25) is 5.91 Å². The van der Waals surface area contributed by atoms with Gasteiger partial charge >= 0.3 is 6.18 Å². The summed E-state index contributed by atoms with van der Waals surface area (Å²) in [7, 11) is 0. The summed E-state index contributed by atoms with van der Waals surface area (Å²) < 4.78 is 38.4. The number of carbonyl (C=O) groups is 3. The van der Waals surface area contributed by atoms with Crippen molar-refractivity contribution in [1.29, 1.82) is 0 Å². The number of hydrogen-bond donors (Lipinski definition) is 1. The van der Waals surface area contributed by atoms with Crippen molar-refractivity contribution in [3.05, 3.63) is 35.4 Å². The molecule has 2 aliphatic rings. The second-order valence-electron chi connectivity index (χ2n) is 9.04. The van der Waals surface area contributed by atoms with Gasteiger partial charge in [0.1, 0.15) is 0 Å². The first-order valence-electron chi connectivity index (χ1n) is 11.9. The normalized spacial score (nSPS) is 19.9. The van der Waals surface area contributed by atoms with E-state index in [2.05, 4.69) is 15.1 Å². The molecule has 3 rings (SSSR count). The molecular weight excluding hydrogens is 449 g/mol. The Morgan fingerprint density at radius 2 is 1.74 bits per heavy atom. The van der Waals surface area contributed by atoms with Gasteiger partial charge in [0.05, 0.1) is 12.1 Å². The lowest BCUT2D eigenvalue weighted by molar-refractivity contribution is -0.137. The fourth-order valence-electron chi connectivity index (χ4n) is 4.52. The molecule has 0 unspecified atom stereocenters.